The summed E-state index contributed by atoms with van der Waals surface area (Å²) in [6.07, 6.45) is 1.76. The summed E-state index contributed by atoms with van der Waals surface area (Å²) in [6, 6.07) is 6.00. The molecule has 0 bridgehead atoms. The van der Waals surface area contributed by atoms with Gasteiger partial charge < -0.3 is 9.94 Å². The number of ether oxygens (including phenoxy) is 1. The molecule has 2 rings (SSSR count). The molecule has 1 N–H and O–H groups in total. The molecule has 1 aliphatic rings. The van der Waals surface area contributed by atoms with E-state index in [0.717, 1.165) is 48.0 Å². The third-order valence-electron chi connectivity index (χ3n) is 2.84. The van der Waals surface area contributed by atoms with Crippen molar-refractivity contribution in [1.82, 2.24) is 0 Å². The standard InChI is InChI=1S/C13H17NO2S/c1-2-17-8-7-16-11-4-5-12-10(9-11)3-6-13(12)14-15/h4-5,9,15H,2-3,6-8H2,1H3/b14-13+. The van der Waals surface area contributed by atoms with Gasteiger partial charge in [-0.15, -0.1) is 0 Å². The van der Waals surface area contributed by atoms with Gasteiger partial charge in [0.1, 0.15) is 5.75 Å². The van der Waals surface area contributed by atoms with E-state index in [4.69, 9.17) is 9.94 Å². The van der Waals surface area contributed by atoms with E-state index in [1.54, 1.807) is 0 Å². The van der Waals surface area contributed by atoms with E-state index in [2.05, 4.69) is 18.1 Å². The average molecular weight is 251 g/mol. The van der Waals surface area contributed by atoms with E-state index in [9.17, 15) is 0 Å². The van der Waals surface area contributed by atoms with Crippen LogP contribution in [0, 0.1) is 0 Å². The van der Waals surface area contributed by atoms with Crippen molar-refractivity contribution in [2.45, 2.75) is 19.8 Å². The highest BCUT2D eigenvalue weighted by Crippen LogP contribution is 2.26. The minimum absolute atomic E-state index is 0.748. The first-order chi connectivity index (χ1) is 8.35. The number of hydrogen-bond donors (Lipinski definition) is 1. The maximum Gasteiger partial charge on any atom is 0.119 e. The molecule has 17 heavy (non-hydrogen) atoms. The smallest absolute Gasteiger partial charge is 0.119 e. The number of aryl methyl sites for hydroxylation is 1. The fraction of sp³-hybridized carbons (Fsp3) is 0.462. The highest BCUT2D eigenvalue weighted by atomic mass is 32.2. The Kier molecular flexibility index (Phi) is 4.31. The largest absolute Gasteiger partial charge is 0.493 e. The summed E-state index contributed by atoms with van der Waals surface area (Å²) in [6.45, 7) is 2.90. The molecule has 1 aliphatic carbocycles. The topological polar surface area (TPSA) is 41.8 Å². The highest BCUT2D eigenvalue weighted by Gasteiger charge is 2.18. The van der Waals surface area contributed by atoms with Gasteiger partial charge in [0.25, 0.3) is 0 Å². The van der Waals surface area contributed by atoms with Crippen LogP contribution in [0.4, 0.5) is 0 Å². The molecule has 4 heteroatoms. The first-order valence-corrected chi connectivity index (χ1v) is 7.05. The van der Waals surface area contributed by atoms with Crippen LogP contribution in [-0.2, 0) is 6.42 Å². The molecule has 0 aliphatic heterocycles. The molecule has 92 valence electrons. The summed E-state index contributed by atoms with van der Waals surface area (Å²) in [5, 5.41) is 12.2. The second-order valence-corrected chi connectivity index (χ2v) is 5.30. The molecule has 0 amide bonds. The molecule has 3 nitrogen and oxygen atoms in total. The number of fused-ring (bicyclic) bond motifs is 1. The summed E-state index contributed by atoms with van der Waals surface area (Å²) in [4.78, 5) is 0. The van der Waals surface area contributed by atoms with Gasteiger partial charge in [-0.2, -0.15) is 11.8 Å². The molecule has 0 atom stereocenters. The number of thioether (sulfide) groups is 1. The van der Waals surface area contributed by atoms with E-state index in [-0.39, 0.29) is 0 Å². The molecule has 0 aromatic heterocycles. The van der Waals surface area contributed by atoms with Crippen LogP contribution in [-0.4, -0.2) is 29.0 Å². The lowest BCUT2D eigenvalue weighted by molar-refractivity contribution is 0.318. The molecule has 0 radical (unpaired) electrons. The second-order valence-electron chi connectivity index (χ2n) is 3.91. The first kappa shape index (κ1) is 12.3. The molecule has 0 spiro atoms. The van der Waals surface area contributed by atoms with Gasteiger partial charge >= 0.3 is 0 Å². The van der Waals surface area contributed by atoms with Gasteiger partial charge in [-0.05, 0) is 42.4 Å². The van der Waals surface area contributed by atoms with Crippen LogP contribution in [0.5, 0.6) is 5.75 Å². The van der Waals surface area contributed by atoms with Crippen molar-refractivity contribution >= 4 is 17.5 Å². The first-order valence-electron chi connectivity index (χ1n) is 5.90. The summed E-state index contributed by atoms with van der Waals surface area (Å²) in [5.41, 5.74) is 3.06. The van der Waals surface area contributed by atoms with E-state index in [1.807, 2.05) is 23.9 Å². The van der Waals surface area contributed by atoms with Crippen molar-refractivity contribution < 1.29 is 9.94 Å². The highest BCUT2D eigenvalue weighted by molar-refractivity contribution is 7.99. The molecule has 0 heterocycles. The molecular weight excluding hydrogens is 234 g/mol. The van der Waals surface area contributed by atoms with Gasteiger partial charge in [0.05, 0.1) is 12.3 Å². The van der Waals surface area contributed by atoms with Gasteiger partial charge in [0, 0.05) is 11.3 Å². The predicted molar refractivity (Wildman–Crippen MR) is 71.6 cm³/mol. The maximum absolute atomic E-state index is 8.84. The number of rotatable bonds is 5. The Hall–Kier alpha value is -1.16. The molecular formula is C13H17NO2S. The minimum Gasteiger partial charge on any atom is -0.493 e. The third-order valence-corrected chi connectivity index (χ3v) is 3.70. The molecule has 1 aromatic carbocycles. The predicted octanol–water partition coefficient (Wildman–Crippen LogP) is 2.94. The number of nitrogens with zero attached hydrogens (tertiary/aromatic N) is 1. The lowest BCUT2D eigenvalue weighted by atomic mass is 10.1. The van der Waals surface area contributed by atoms with Crippen LogP contribution >= 0.6 is 11.8 Å². The van der Waals surface area contributed by atoms with Gasteiger partial charge in [-0.3, -0.25) is 0 Å². The molecule has 0 saturated heterocycles. The number of benzene rings is 1. The third kappa shape index (κ3) is 2.94. The zero-order valence-corrected chi connectivity index (χ0v) is 10.8. The van der Waals surface area contributed by atoms with Gasteiger partial charge in [0.15, 0.2) is 0 Å². The SMILES string of the molecule is CCSCCOc1ccc2c(c1)CC/C2=N\O. The van der Waals surface area contributed by atoms with Crippen LogP contribution in [0.3, 0.4) is 0 Å². The van der Waals surface area contributed by atoms with E-state index in [0.29, 0.717) is 0 Å². The van der Waals surface area contributed by atoms with E-state index in [1.165, 1.54) is 5.56 Å². The fourth-order valence-electron chi connectivity index (χ4n) is 2.00. The van der Waals surface area contributed by atoms with Crippen molar-refractivity contribution in [3.63, 3.8) is 0 Å². The summed E-state index contributed by atoms with van der Waals surface area (Å²) < 4.78 is 5.68. The molecule has 1 aromatic rings. The Morgan fingerprint density at radius 1 is 1.41 bits per heavy atom. The number of oxime groups is 1. The average Bonchev–Trinajstić information content (AvgIpc) is 2.77. The van der Waals surface area contributed by atoms with Crippen molar-refractivity contribution in [3.8, 4) is 5.75 Å². The van der Waals surface area contributed by atoms with Gasteiger partial charge in [-0.1, -0.05) is 12.1 Å². The van der Waals surface area contributed by atoms with Crippen molar-refractivity contribution in [1.29, 1.82) is 0 Å². The Morgan fingerprint density at radius 3 is 3.06 bits per heavy atom. The van der Waals surface area contributed by atoms with Crippen LogP contribution < -0.4 is 4.74 Å². The molecule has 0 fully saturated rings. The second kappa shape index (κ2) is 5.96. The van der Waals surface area contributed by atoms with Gasteiger partial charge in [0.2, 0.25) is 0 Å². The maximum atomic E-state index is 8.84. The molecule has 0 saturated carbocycles. The van der Waals surface area contributed by atoms with Crippen LogP contribution in [0.15, 0.2) is 23.4 Å². The summed E-state index contributed by atoms with van der Waals surface area (Å²) >= 11 is 1.88. The minimum atomic E-state index is 0.748. The van der Waals surface area contributed by atoms with Crippen molar-refractivity contribution in [2.75, 3.05) is 18.1 Å². The summed E-state index contributed by atoms with van der Waals surface area (Å²) in [7, 11) is 0. The number of hydrogen-bond acceptors (Lipinski definition) is 4. The lowest BCUT2D eigenvalue weighted by Gasteiger charge is -2.07. The zero-order valence-electron chi connectivity index (χ0n) is 9.98. The lowest BCUT2D eigenvalue weighted by Crippen LogP contribution is -2.01. The molecule has 0 unspecified atom stereocenters. The van der Waals surface area contributed by atoms with E-state index >= 15 is 0 Å². The normalized spacial score (nSPS) is 16.2. The van der Waals surface area contributed by atoms with Crippen molar-refractivity contribution in [3.05, 3.63) is 29.3 Å². The Labute approximate surface area is 106 Å². The zero-order chi connectivity index (χ0) is 12.1. The van der Waals surface area contributed by atoms with Crippen LogP contribution in [0.1, 0.15) is 24.5 Å². The summed E-state index contributed by atoms with van der Waals surface area (Å²) in [5.74, 6) is 3.07. The van der Waals surface area contributed by atoms with E-state index < -0.39 is 0 Å². The monoisotopic (exact) mass is 251 g/mol. The Bertz CT molecular complexity index is 418. The fourth-order valence-corrected chi connectivity index (χ4v) is 2.49. The van der Waals surface area contributed by atoms with Gasteiger partial charge in [-0.25, -0.2) is 0 Å². The quantitative estimate of drug-likeness (QED) is 0.497. The van der Waals surface area contributed by atoms with Crippen LogP contribution in [0.2, 0.25) is 0 Å². The van der Waals surface area contributed by atoms with Crippen LogP contribution in [0.25, 0.3) is 0 Å². The Morgan fingerprint density at radius 2 is 2.29 bits per heavy atom. The van der Waals surface area contributed by atoms with Crippen molar-refractivity contribution in [2.24, 2.45) is 5.16 Å². The Balaban J connectivity index is 1.98.